The van der Waals surface area contributed by atoms with Gasteiger partial charge >= 0.3 is 0 Å². The lowest BCUT2D eigenvalue weighted by Crippen LogP contribution is -2.20. The first-order chi connectivity index (χ1) is 9.17. The molecular formula is C15H25NO3. The van der Waals surface area contributed by atoms with Crippen molar-refractivity contribution < 1.29 is 14.2 Å². The van der Waals surface area contributed by atoms with Crippen molar-refractivity contribution in [2.45, 2.75) is 20.4 Å². The summed E-state index contributed by atoms with van der Waals surface area (Å²) in [6.45, 7) is 7.44. The Balaban J connectivity index is 2.32. The smallest absolute Gasteiger partial charge is 0.127 e. The Morgan fingerprint density at radius 3 is 2.58 bits per heavy atom. The second kappa shape index (κ2) is 8.77. The van der Waals surface area contributed by atoms with Crippen LogP contribution < -0.4 is 14.8 Å². The van der Waals surface area contributed by atoms with Gasteiger partial charge in [0.05, 0.1) is 20.8 Å². The van der Waals surface area contributed by atoms with E-state index in [-0.39, 0.29) is 0 Å². The number of nitrogens with one attached hydrogen (secondary N) is 1. The van der Waals surface area contributed by atoms with Crippen molar-refractivity contribution in [1.82, 2.24) is 5.32 Å². The predicted octanol–water partition coefficient (Wildman–Crippen LogP) is 2.47. The SMILES string of the molecule is COc1ccc(CNCCOCC(C)C)c(OC)c1. The van der Waals surface area contributed by atoms with Gasteiger partial charge in [-0.15, -0.1) is 0 Å². The first-order valence-electron chi connectivity index (χ1n) is 6.66. The summed E-state index contributed by atoms with van der Waals surface area (Å²) in [5.41, 5.74) is 1.12. The van der Waals surface area contributed by atoms with E-state index in [0.717, 1.165) is 43.4 Å². The van der Waals surface area contributed by atoms with Crippen LogP contribution in [-0.4, -0.2) is 34.0 Å². The average molecular weight is 267 g/mol. The van der Waals surface area contributed by atoms with Crippen LogP contribution in [-0.2, 0) is 11.3 Å². The Labute approximate surface area is 116 Å². The molecule has 0 aliphatic carbocycles. The first-order valence-corrected chi connectivity index (χ1v) is 6.66. The molecule has 0 aliphatic rings. The molecule has 1 aromatic carbocycles. The predicted molar refractivity (Wildman–Crippen MR) is 76.9 cm³/mol. The van der Waals surface area contributed by atoms with E-state index >= 15 is 0 Å². The molecule has 108 valence electrons. The van der Waals surface area contributed by atoms with E-state index in [1.807, 2.05) is 18.2 Å². The van der Waals surface area contributed by atoms with E-state index in [9.17, 15) is 0 Å². The fraction of sp³-hybridized carbons (Fsp3) is 0.600. The van der Waals surface area contributed by atoms with Crippen LogP contribution in [0.25, 0.3) is 0 Å². The highest BCUT2D eigenvalue weighted by molar-refractivity contribution is 5.40. The second-order valence-electron chi connectivity index (χ2n) is 4.82. The van der Waals surface area contributed by atoms with Crippen molar-refractivity contribution in [3.05, 3.63) is 23.8 Å². The van der Waals surface area contributed by atoms with Gasteiger partial charge in [-0.1, -0.05) is 19.9 Å². The molecule has 0 saturated heterocycles. The van der Waals surface area contributed by atoms with Crippen LogP contribution in [0.3, 0.4) is 0 Å². The number of benzene rings is 1. The van der Waals surface area contributed by atoms with E-state index in [1.54, 1.807) is 14.2 Å². The average Bonchev–Trinajstić information content (AvgIpc) is 2.42. The number of methoxy groups -OCH3 is 2. The number of hydrogen-bond donors (Lipinski definition) is 1. The lowest BCUT2D eigenvalue weighted by molar-refractivity contribution is 0.111. The van der Waals surface area contributed by atoms with Gasteiger partial charge in [-0.25, -0.2) is 0 Å². The van der Waals surface area contributed by atoms with Gasteiger partial charge in [0.25, 0.3) is 0 Å². The first kappa shape index (κ1) is 15.8. The summed E-state index contributed by atoms with van der Waals surface area (Å²) in [6, 6.07) is 5.85. The van der Waals surface area contributed by atoms with E-state index in [4.69, 9.17) is 14.2 Å². The van der Waals surface area contributed by atoms with Crippen LogP contribution in [0.1, 0.15) is 19.4 Å². The van der Waals surface area contributed by atoms with Gasteiger partial charge in [-0.2, -0.15) is 0 Å². The van der Waals surface area contributed by atoms with Crippen molar-refractivity contribution >= 4 is 0 Å². The summed E-state index contributed by atoms with van der Waals surface area (Å²) >= 11 is 0. The van der Waals surface area contributed by atoms with E-state index in [0.29, 0.717) is 5.92 Å². The molecule has 0 bridgehead atoms. The Bertz CT molecular complexity index is 366. The molecule has 0 fully saturated rings. The minimum Gasteiger partial charge on any atom is -0.497 e. The molecule has 4 nitrogen and oxygen atoms in total. The zero-order chi connectivity index (χ0) is 14.1. The molecule has 0 unspecified atom stereocenters. The fourth-order valence-electron chi connectivity index (χ4n) is 1.68. The summed E-state index contributed by atoms with van der Waals surface area (Å²) < 4.78 is 16.0. The molecule has 19 heavy (non-hydrogen) atoms. The standard InChI is InChI=1S/C15H25NO3/c1-12(2)11-19-8-7-16-10-13-5-6-14(17-3)9-15(13)18-4/h5-6,9,12,16H,7-8,10-11H2,1-4H3. The quantitative estimate of drug-likeness (QED) is 0.698. The Kier molecular flexibility index (Phi) is 7.30. The van der Waals surface area contributed by atoms with Crippen LogP contribution in [0.4, 0.5) is 0 Å². The van der Waals surface area contributed by atoms with Crippen LogP contribution in [0.2, 0.25) is 0 Å². The van der Waals surface area contributed by atoms with Gasteiger partial charge in [-0.3, -0.25) is 0 Å². The summed E-state index contributed by atoms with van der Waals surface area (Å²) in [5.74, 6) is 2.23. The van der Waals surface area contributed by atoms with Crippen molar-refractivity contribution in [3.63, 3.8) is 0 Å². The van der Waals surface area contributed by atoms with Gasteiger partial charge in [-0.05, 0) is 12.0 Å². The zero-order valence-electron chi connectivity index (χ0n) is 12.4. The molecule has 0 atom stereocenters. The minimum absolute atomic E-state index is 0.585. The number of hydrogen-bond acceptors (Lipinski definition) is 4. The normalized spacial score (nSPS) is 10.8. The molecular weight excluding hydrogens is 242 g/mol. The Morgan fingerprint density at radius 2 is 1.95 bits per heavy atom. The lowest BCUT2D eigenvalue weighted by Gasteiger charge is -2.12. The van der Waals surface area contributed by atoms with Gasteiger partial charge in [0.1, 0.15) is 11.5 Å². The highest BCUT2D eigenvalue weighted by atomic mass is 16.5. The molecule has 0 radical (unpaired) electrons. The molecule has 0 saturated carbocycles. The molecule has 1 rings (SSSR count). The molecule has 0 amide bonds. The van der Waals surface area contributed by atoms with Gasteiger partial charge in [0.15, 0.2) is 0 Å². The largest absolute Gasteiger partial charge is 0.497 e. The van der Waals surface area contributed by atoms with Crippen molar-refractivity contribution in [3.8, 4) is 11.5 Å². The van der Waals surface area contributed by atoms with Gasteiger partial charge < -0.3 is 19.5 Å². The molecule has 0 aromatic heterocycles. The highest BCUT2D eigenvalue weighted by Gasteiger charge is 2.04. The van der Waals surface area contributed by atoms with Crippen LogP contribution >= 0.6 is 0 Å². The molecule has 4 heteroatoms. The number of rotatable bonds is 9. The van der Waals surface area contributed by atoms with Crippen molar-refractivity contribution in [2.75, 3.05) is 34.0 Å². The topological polar surface area (TPSA) is 39.7 Å². The van der Waals surface area contributed by atoms with Crippen molar-refractivity contribution in [2.24, 2.45) is 5.92 Å². The third-order valence-electron chi connectivity index (χ3n) is 2.68. The second-order valence-corrected chi connectivity index (χ2v) is 4.82. The minimum atomic E-state index is 0.585. The lowest BCUT2D eigenvalue weighted by atomic mass is 10.2. The third-order valence-corrected chi connectivity index (χ3v) is 2.68. The number of ether oxygens (including phenoxy) is 3. The monoisotopic (exact) mass is 267 g/mol. The van der Waals surface area contributed by atoms with Gasteiger partial charge in [0, 0.05) is 31.3 Å². The maximum Gasteiger partial charge on any atom is 0.127 e. The maximum absolute atomic E-state index is 5.51. The maximum atomic E-state index is 5.51. The summed E-state index contributed by atoms with van der Waals surface area (Å²) in [7, 11) is 3.32. The Hall–Kier alpha value is -1.26. The van der Waals surface area contributed by atoms with E-state index < -0.39 is 0 Å². The van der Waals surface area contributed by atoms with Crippen LogP contribution in [0.15, 0.2) is 18.2 Å². The molecule has 0 spiro atoms. The molecule has 1 aromatic rings. The summed E-state index contributed by atoms with van der Waals surface area (Å²) in [4.78, 5) is 0. The molecule has 1 N–H and O–H groups in total. The molecule has 0 aliphatic heterocycles. The van der Waals surface area contributed by atoms with Gasteiger partial charge in [0.2, 0.25) is 0 Å². The van der Waals surface area contributed by atoms with E-state index in [2.05, 4.69) is 19.2 Å². The zero-order valence-corrected chi connectivity index (χ0v) is 12.4. The fourth-order valence-corrected chi connectivity index (χ4v) is 1.68. The van der Waals surface area contributed by atoms with Crippen LogP contribution in [0, 0.1) is 5.92 Å². The van der Waals surface area contributed by atoms with Crippen LogP contribution in [0.5, 0.6) is 11.5 Å². The summed E-state index contributed by atoms with van der Waals surface area (Å²) in [6.07, 6.45) is 0. The Morgan fingerprint density at radius 1 is 1.16 bits per heavy atom. The van der Waals surface area contributed by atoms with Crippen molar-refractivity contribution in [1.29, 1.82) is 0 Å². The van der Waals surface area contributed by atoms with E-state index in [1.165, 1.54) is 0 Å². The summed E-state index contributed by atoms with van der Waals surface area (Å²) in [5, 5.41) is 3.34. The highest BCUT2D eigenvalue weighted by Crippen LogP contribution is 2.24. The molecule has 0 heterocycles. The third kappa shape index (κ3) is 5.94.